The van der Waals surface area contributed by atoms with Gasteiger partial charge in [0.25, 0.3) is 0 Å². The summed E-state index contributed by atoms with van der Waals surface area (Å²) in [5.41, 5.74) is 0.864. The van der Waals surface area contributed by atoms with Gasteiger partial charge in [0, 0.05) is 0 Å². The zero-order valence-corrected chi connectivity index (χ0v) is 11.7. The van der Waals surface area contributed by atoms with Crippen LogP contribution < -0.4 is 4.74 Å². The van der Waals surface area contributed by atoms with Crippen LogP contribution in [0.5, 0.6) is 11.5 Å². The minimum atomic E-state index is 0.0982. The lowest BCUT2D eigenvalue weighted by Gasteiger charge is -2.23. The summed E-state index contributed by atoms with van der Waals surface area (Å²) in [5, 5.41) is 16.0. The average Bonchev–Trinajstić information content (AvgIpc) is 2.41. The Balaban J connectivity index is 2.13. The fourth-order valence-corrected chi connectivity index (χ4v) is 2.10. The average molecular weight is 315 g/mol. The summed E-state index contributed by atoms with van der Waals surface area (Å²) in [6.45, 7) is 3.01. The molecule has 0 bridgehead atoms. The Morgan fingerprint density at radius 3 is 2.83 bits per heavy atom. The van der Waals surface area contributed by atoms with E-state index in [0.717, 1.165) is 18.7 Å². The van der Waals surface area contributed by atoms with Crippen molar-refractivity contribution < 1.29 is 14.6 Å². The van der Waals surface area contributed by atoms with Gasteiger partial charge in [-0.3, -0.25) is 5.01 Å². The van der Waals surface area contributed by atoms with Crippen molar-refractivity contribution in [3.05, 3.63) is 22.2 Å². The van der Waals surface area contributed by atoms with Gasteiger partial charge in [0.2, 0.25) is 0 Å². The monoisotopic (exact) mass is 314 g/mol. The molecule has 1 aliphatic rings. The fourth-order valence-electron chi connectivity index (χ4n) is 1.64. The van der Waals surface area contributed by atoms with Crippen molar-refractivity contribution in [1.82, 2.24) is 5.01 Å². The summed E-state index contributed by atoms with van der Waals surface area (Å²) in [6.07, 6.45) is 1.75. The van der Waals surface area contributed by atoms with E-state index >= 15 is 0 Å². The number of morpholine rings is 1. The third-order valence-corrected chi connectivity index (χ3v) is 3.23. The fraction of sp³-hybridized carbons (Fsp3) is 0.417. The van der Waals surface area contributed by atoms with Gasteiger partial charge in [-0.15, -0.1) is 0 Å². The minimum Gasteiger partial charge on any atom is -0.503 e. The molecule has 0 saturated carbocycles. The van der Waals surface area contributed by atoms with Crippen LogP contribution in [0.1, 0.15) is 5.56 Å². The smallest absolute Gasteiger partial charge is 0.172 e. The Morgan fingerprint density at radius 2 is 2.17 bits per heavy atom. The molecule has 1 aromatic rings. The zero-order valence-electron chi connectivity index (χ0n) is 10.1. The topological polar surface area (TPSA) is 54.3 Å². The maximum atomic E-state index is 9.70. The van der Waals surface area contributed by atoms with E-state index in [4.69, 9.17) is 9.47 Å². The number of halogens is 1. The molecule has 1 N–H and O–H groups in total. The molecule has 6 heteroatoms. The first-order valence-electron chi connectivity index (χ1n) is 5.64. The van der Waals surface area contributed by atoms with E-state index in [9.17, 15) is 5.11 Å². The zero-order chi connectivity index (χ0) is 13.0. The summed E-state index contributed by atoms with van der Waals surface area (Å²) in [4.78, 5) is 0. The van der Waals surface area contributed by atoms with Gasteiger partial charge in [0.1, 0.15) is 0 Å². The van der Waals surface area contributed by atoms with Crippen molar-refractivity contribution in [1.29, 1.82) is 0 Å². The molecule has 0 unspecified atom stereocenters. The number of phenols is 1. The predicted octanol–water partition coefficient (Wildman–Crippen LogP) is 1.83. The molecule has 0 aromatic heterocycles. The largest absolute Gasteiger partial charge is 0.503 e. The van der Waals surface area contributed by atoms with Gasteiger partial charge >= 0.3 is 0 Å². The number of nitrogens with zero attached hydrogens (tertiary/aromatic N) is 2. The standard InChI is InChI=1S/C12H15BrN2O3/c1-17-11-7-9(6-10(13)12(11)16)8-14-15-2-4-18-5-3-15/h6-8,16H,2-5H2,1H3/b14-8+. The first-order chi connectivity index (χ1) is 8.70. The van der Waals surface area contributed by atoms with Gasteiger partial charge in [-0.1, -0.05) is 0 Å². The van der Waals surface area contributed by atoms with Crippen LogP contribution in [-0.2, 0) is 4.74 Å². The van der Waals surface area contributed by atoms with Crippen LogP contribution in [0.3, 0.4) is 0 Å². The molecule has 1 fully saturated rings. The van der Waals surface area contributed by atoms with Crippen molar-refractivity contribution in [2.75, 3.05) is 33.4 Å². The predicted molar refractivity (Wildman–Crippen MR) is 72.3 cm³/mol. The number of ether oxygens (including phenoxy) is 2. The van der Waals surface area contributed by atoms with Crippen LogP contribution in [0.2, 0.25) is 0 Å². The molecule has 0 amide bonds. The maximum Gasteiger partial charge on any atom is 0.172 e. The Hall–Kier alpha value is -1.27. The molecule has 2 rings (SSSR count). The first-order valence-corrected chi connectivity index (χ1v) is 6.43. The second-order valence-corrected chi connectivity index (χ2v) is 4.72. The van der Waals surface area contributed by atoms with Gasteiger partial charge in [-0.2, -0.15) is 5.10 Å². The molecule has 0 radical (unpaired) electrons. The number of hydrogen-bond donors (Lipinski definition) is 1. The normalized spacial score (nSPS) is 16.2. The van der Waals surface area contributed by atoms with E-state index in [-0.39, 0.29) is 5.75 Å². The Morgan fingerprint density at radius 1 is 1.44 bits per heavy atom. The highest BCUT2D eigenvalue weighted by atomic mass is 79.9. The van der Waals surface area contributed by atoms with Crippen molar-refractivity contribution in [2.24, 2.45) is 5.10 Å². The molecule has 0 spiro atoms. The third kappa shape index (κ3) is 3.14. The Kier molecular flexibility index (Phi) is 4.43. The summed E-state index contributed by atoms with van der Waals surface area (Å²) in [6, 6.07) is 3.53. The van der Waals surface area contributed by atoms with Crippen LogP contribution in [0.4, 0.5) is 0 Å². The highest BCUT2D eigenvalue weighted by Gasteiger charge is 2.09. The molecule has 98 valence electrons. The molecule has 1 saturated heterocycles. The number of phenolic OH excluding ortho intramolecular Hbond substituents is 1. The van der Waals surface area contributed by atoms with Crippen LogP contribution >= 0.6 is 15.9 Å². The summed E-state index contributed by atoms with van der Waals surface area (Å²) in [5.74, 6) is 0.522. The molecule has 0 aliphatic carbocycles. The molecule has 18 heavy (non-hydrogen) atoms. The minimum absolute atomic E-state index is 0.0982. The summed E-state index contributed by atoms with van der Waals surface area (Å²) in [7, 11) is 1.52. The highest BCUT2D eigenvalue weighted by molar-refractivity contribution is 9.10. The Bertz CT molecular complexity index is 445. The number of methoxy groups -OCH3 is 1. The molecule has 0 atom stereocenters. The number of benzene rings is 1. The maximum absolute atomic E-state index is 9.70. The third-order valence-electron chi connectivity index (χ3n) is 2.63. The Labute approximate surface area is 114 Å². The number of aromatic hydroxyl groups is 1. The lowest BCUT2D eigenvalue weighted by Crippen LogP contribution is -2.32. The van der Waals surface area contributed by atoms with Gasteiger partial charge in [-0.05, 0) is 33.6 Å². The van der Waals surface area contributed by atoms with Crippen LogP contribution in [0.15, 0.2) is 21.7 Å². The molecule has 1 aliphatic heterocycles. The quantitative estimate of drug-likeness (QED) is 0.865. The number of hydrazone groups is 1. The lowest BCUT2D eigenvalue weighted by molar-refractivity contribution is 0.0397. The van der Waals surface area contributed by atoms with E-state index in [1.165, 1.54) is 7.11 Å². The van der Waals surface area contributed by atoms with E-state index < -0.39 is 0 Å². The molecular weight excluding hydrogens is 300 g/mol. The van der Waals surface area contributed by atoms with Crippen LogP contribution in [0, 0.1) is 0 Å². The molecular formula is C12H15BrN2O3. The van der Waals surface area contributed by atoms with Crippen LogP contribution in [0.25, 0.3) is 0 Å². The van der Waals surface area contributed by atoms with Crippen molar-refractivity contribution in [3.63, 3.8) is 0 Å². The SMILES string of the molecule is COc1cc(/C=N/N2CCOCC2)cc(Br)c1O. The highest BCUT2D eigenvalue weighted by Crippen LogP contribution is 2.34. The van der Waals surface area contributed by atoms with Crippen molar-refractivity contribution in [2.45, 2.75) is 0 Å². The van der Waals surface area contributed by atoms with Gasteiger partial charge in [-0.25, -0.2) is 0 Å². The lowest BCUT2D eigenvalue weighted by atomic mass is 10.2. The first kappa shape index (κ1) is 13.2. The van der Waals surface area contributed by atoms with Crippen LogP contribution in [-0.4, -0.2) is 49.7 Å². The molecule has 1 aromatic carbocycles. The van der Waals surface area contributed by atoms with Gasteiger partial charge in [0.15, 0.2) is 11.5 Å². The van der Waals surface area contributed by atoms with E-state index in [2.05, 4.69) is 21.0 Å². The van der Waals surface area contributed by atoms with Gasteiger partial charge in [0.05, 0.1) is 44.1 Å². The van der Waals surface area contributed by atoms with Crippen molar-refractivity contribution >= 4 is 22.1 Å². The summed E-state index contributed by atoms with van der Waals surface area (Å²) >= 11 is 3.28. The molecule has 5 nitrogen and oxygen atoms in total. The van der Waals surface area contributed by atoms with E-state index in [1.54, 1.807) is 18.3 Å². The van der Waals surface area contributed by atoms with E-state index in [0.29, 0.717) is 23.4 Å². The number of rotatable bonds is 3. The van der Waals surface area contributed by atoms with Crippen molar-refractivity contribution in [3.8, 4) is 11.5 Å². The van der Waals surface area contributed by atoms with E-state index in [1.807, 2.05) is 5.01 Å². The van der Waals surface area contributed by atoms with Gasteiger partial charge < -0.3 is 14.6 Å². The molecule has 1 heterocycles. The summed E-state index contributed by atoms with van der Waals surface area (Å²) < 4.78 is 10.9. The second kappa shape index (κ2) is 6.06. The number of hydrogen-bond acceptors (Lipinski definition) is 5. The second-order valence-electron chi connectivity index (χ2n) is 3.86.